The Balaban J connectivity index is 3.89. The van der Waals surface area contributed by atoms with Crippen LogP contribution in [-0.4, -0.2) is 51.8 Å². The lowest BCUT2D eigenvalue weighted by molar-refractivity contribution is -0.882. The number of benzene rings is 1. The molecule has 5 nitrogen and oxygen atoms in total. The van der Waals surface area contributed by atoms with Gasteiger partial charge < -0.3 is 14.0 Å². The van der Waals surface area contributed by atoms with Crippen LogP contribution in [0.5, 0.6) is 0 Å². The van der Waals surface area contributed by atoms with Crippen LogP contribution in [0.3, 0.4) is 0 Å². The molecule has 0 saturated heterocycles. The van der Waals surface area contributed by atoms with Crippen molar-refractivity contribution in [3.8, 4) is 0 Å². The number of esters is 2. The maximum Gasteiger partial charge on any atom is 0.341 e. The highest BCUT2D eigenvalue weighted by atomic mass is 127. The summed E-state index contributed by atoms with van der Waals surface area (Å²) in [6, 6.07) is 0. The summed E-state index contributed by atoms with van der Waals surface area (Å²) in [6.07, 6.45) is 0. The molecule has 0 aliphatic carbocycles. The Morgan fingerprint density at radius 1 is 0.913 bits per heavy atom. The van der Waals surface area contributed by atoms with E-state index in [1.165, 1.54) is 0 Å². The minimum atomic E-state index is -1.65. The summed E-state index contributed by atoms with van der Waals surface area (Å²) < 4.78 is 51.3. The lowest BCUT2D eigenvalue weighted by Crippen LogP contribution is -2.37. The summed E-state index contributed by atoms with van der Waals surface area (Å²) in [5.74, 6) is -7.20. The Kier molecular flexibility index (Phi) is 6.02. The molecule has 0 aromatic heterocycles. The third-order valence-corrected chi connectivity index (χ3v) is 5.35. The molecular formula is C14H16F3INO4+. The number of halogens is 4. The van der Waals surface area contributed by atoms with Crippen LogP contribution < -0.4 is 0 Å². The molecule has 0 spiro atoms. The van der Waals surface area contributed by atoms with Gasteiger partial charge in [0.05, 0.1) is 40.9 Å². The van der Waals surface area contributed by atoms with E-state index in [4.69, 9.17) is 0 Å². The number of hydrogen-bond acceptors (Lipinski definition) is 4. The van der Waals surface area contributed by atoms with Gasteiger partial charge in [0, 0.05) is 0 Å². The van der Waals surface area contributed by atoms with Crippen molar-refractivity contribution in [3.05, 3.63) is 34.1 Å². The minimum Gasteiger partial charge on any atom is -0.465 e. The van der Waals surface area contributed by atoms with Crippen molar-refractivity contribution < 1.29 is 36.7 Å². The molecule has 0 aliphatic rings. The molecule has 1 aromatic carbocycles. The summed E-state index contributed by atoms with van der Waals surface area (Å²) in [6.45, 7) is 0. The number of quaternary nitrogens is 1. The first-order valence-electron chi connectivity index (χ1n) is 6.31. The Morgan fingerprint density at radius 3 is 1.65 bits per heavy atom. The number of nitrogens with zero attached hydrogens (tertiary/aromatic N) is 1. The summed E-state index contributed by atoms with van der Waals surface area (Å²) in [5, 5.41) is 0. The normalized spacial score (nSPS) is 12.7. The average molecular weight is 446 g/mol. The third-order valence-electron chi connectivity index (χ3n) is 3.05. The van der Waals surface area contributed by atoms with Crippen LogP contribution >= 0.6 is 22.6 Å². The molecule has 0 N–H and O–H groups in total. The summed E-state index contributed by atoms with van der Waals surface area (Å²) in [7, 11) is 6.75. The van der Waals surface area contributed by atoms with Crippen LogP contribution in [0.1, 0.15) is 30.3 Å². The second kappa shape index (κ2) is 7.04. The summed E-state index contributed by atoms with van der Waals surface area (Å²) >= 11 is 1.73. The van der Waals surface area contributed by atoms with Gasteiger partial charge in [0.15, 0.2) is 21.5 Å². The lowest BCUT2D eigenvalue weighted by atomic mass is 10.00. The SMILES string of the molecule is COC(=O)c1c(F)c(F)c(C(I)[N+](C)(C)C)c(F)c1C(=O)OC. The molecule has 0 fully saturated rings. The number of methoxy groups -OCH3 is 2. The van der Waals surface area contributed by atoms with Gasteiger partial charge in [0.2, 0.25) is 0 Å². The van der Waals surface area contributed by atoms with Gasteiger partial charge in [0.25, 0.3) is 0 Å². The molecule has 23 heavy (non-hydrogen) atoms. The van der Waals surface area contributed by atoms with Crippen molar-refractivity contribution in [2.24, 2.45) is 0 Å². The zero-order valence-electron chi connectivity index (χ0n) is 13.2. The van der Waals surface area contributed by atoms with Crippen LogP contribution in [0.2, 0.25) is 0 Å². The number of carbonyl (C=O) groups excluding carboxylic acids is 2. The van der Waals surface area contributed by atoms with Crippen LogP contribution in [-0.2, 0) is 9.47 Å². The zero-order valence-corrected chi connectivity index (χ0v) is 15.3. The van der Waals surface area contributed by atoms with Gasteiger partial charge >= 0.3 is 11.9 Å². The Labute approximate surface area is 145 Å². The van der Waals surface area contributed by atoms with Crippen molar-refractivity contribution in [3.63, 3.8) is 0 Å². The Hall–Kier alpha value is -1.36. The molecule has 0 bridgehead atoms. The van der Waals surface area contributed by atoms with E-state index >= 15 is 0 Å². The third kappa shape index (κ3) is 3.60. The highest BCUT2D eigenvalue weighted by molar-refractivity contribution is 14.1. The van der Waals surface area contributed by atoms with Crippen molar-refractivity contribution >= 4 is 34.5 Å². The number of alkyl halides is 1. The molecule has 1 aromatic rings. The fourth-order valence-corrected chi connectivity index (χ4v) is 2.41. The largest absolute Gasteiger partial charge is 0.465 e. The molecule has 1 rings (SSSR count). The van der Waals surface area contributed by atoms with Gasteiger partial charge in [-0.15, -0.1) is 0 Å². The molecule has 0 saturated carbocycles. The second-order valence-corrected chi connectivity index (χ2v) is 6.72. The first kappa shape index (κ1) is 19.7. The molecule has 9 heteroatoms. The Bertz CT molecular complexity index is 659. The minimum absolute atomic E-state index is 0.0476. The fraction of sp³-hybridized carbons (Fsp3) is 0.429. The lowest BCUT2D eigenvalue weighted by Gasteiger charge is -2.31. The van der Waals surface area contributed by atoms with Gasteiger partial charge in [-0.05, 0) is 22.6 Å². The standard InChI is InChI=1S/C14H16F3INO4/c1-19(2,3)12(18)8-9(15)6(13(20)22-4)7(14(21)23-5)10(16)11(8)17/h12H,1-5H3/q+1. The van der Waals surface area contributed by atoms with Crippen molar-refractivity contribution in [1.82, 2.24) is 0 Å². The topological polar surface area (TPSA) is 52.6 Å². The van der Waals surface area contributed by atoms with Gasteiger partial charge in [-0.3, -0.25) is 0 Å². The number of carbonyl (C=O) groups is 2. The zero-order chi connectivity index (χ0) is 18.1. The maximum absolute atomic E-state index is 14.8. The smallest absolute Gasteiger partial charge is 0.341 e. The van der Waals surface area contributed by atoms with Gasteiger partial charge in [-0.1, -0.05) is 0 Å². The maximum atomic E-state index is 14.8. The van der Waals surface area contributed by atoms with Crippen molar-refractivity contribution in [2.45, 2.75) is 4.05 Å². The predicted molar refractivity (Wildman–Crippen MR) is 83.8 cm³/mol. The first-order valence-corrected chi connectivity index (χ1v) is 7.55. The molecule has 0 amide bonds. The fourth-order valence-electron chi connectivity index (χ4n) is 1.86. The molecule has 1 unspecified atom stereocenters. The summed E-state index contributed by atoms with van der Waals surface area (Å²) in [4.78, 5) is 23.4. The molecule has 0 aliphatic heterocycles. The second-order valence-electron chi connectivity index (χ2n) is 5.54. The van der Waals surface area contributed by atoms with Gasteiger partial charge in [-0.2, -0.15) is 0 Å². The number of hydrogen-bond donors (Lipinski definition) is 0. The first-order chi connectivity index (χ1) is 10.5. The highest BCUT2D eigenvalue weighted by Gasteiger charge is 2.39. The van der Waals surface area contributed by atoms with Crippen LogP contribution in [0.15, 0.2) is 0 Å². The van der Waals surface area contributed by atoms with Crippen LogP contribution in [0, 0.1) is 17.5 Å². The predicted octanol–water partition coefficient (Wildman–Crippen LogP) is 2.82. The Morgan fingerprint density at radius 2 is 1.30 bits per heavy atom. The van der Waals surface area contributed by atoms with E-state index in [0.717, 1.165) is 14.2 Å². The van der Waals surface area contributed by atoms with E-state index in [0.29, 0.717) is 0 Å². The highest BCUT2D eigenvalue weighted by Crippen LogP contribution is 2.37. The van der Waals surface area contributed by atoms with Gasteiger partial charge in [-0.25, -0.2) is 22.8 Å². The number of rotatable bonds is 4. The van der Waals surface area contributed by atoms with Crippen LogP contribution in [0.4, 0.5) is 13.2 Å². The van der Waals surface area contributed by atoms with E-state index in [9.17, 15) is 22.8 Å². The van der Waals surface area contributed by atoms with E-state index in [1.807, 2.05) is 0 Å². The molecule has 0 heterocycles. The van der Waals surface area contributed by atoms with E-state index in [2.05, 4.69) is 9.47 Å². The molecule has 0 radical (unpaired) electrons. The monoisotopic (exact) mass is 446 g/mol. The molecular weight excluding hydrogens is 430 g/mol. The summed E-state index contributed by atoms with van der Waals surface area (Å²) in [5.41, 5.74) is -2.75. The quantitative estimate of drug-likeness (QED) is 0.178. The average Bonchev–Trinajstić information content (AvgIpc) is 2.48. The van der Waals surface area contributed by atoms with E-state index in [-0.39, 0.29) is 4.48 Å². The molecule has 1 atom stereocenters. The molecule has 128 valence electrons. The van der Waals surface area contributed by atoms with Crippen LogP contribution in [0.25, 0.3) is 0 Å². The number of ether oxygens (including phenoxy) is 2. The van der Waals surface area contributed by atoms with Crippen molar-refractivity contribution in [1.29, 1.82) is 0 Å². The van der Waals surface area contributed by atoms with Crippen molar-refractivity contribution in [2.75, 3.05) is 35.4 Å². The van der Waals surface area contributed by atoms with E-state index in [1.54, 1.807) is 43.7 Å². The van der Waals surface area contributed by atoms with E-state index < -0.39 is 50.1 Å². The van der Waals surface area contributed by atoms with Gasteiger partial charge in [0.1, 0.15) is 11.1 Å².